The molecule has 0 aromatic heterocycles. The highest BCUT2D eigenvalue weighted by Crippen LogP contribution is 2.25. The monoisotopic (exact) mass is 339 g/mol. The van der Waals surface area contributed by atoms with Gasteiger partial charge in [-0.2, -0.15) is 0 Å². The average molecular weight is 340 g/mol. The second-order valence-corrected chi connectivity index (χ2v) is 6.94. The Kier molecular flexibility index (Phi) is 6.68. The maximum Gasteiger partial charge on any atom is 0.252 e. The van der Waals surface area contributed by atoms with E-state index in [0.717, 1.165) is 28.2 Å². The molecule has 0 radical (unpaired) electrons. The van der Waals surface area contributed by atoms with Crippen molar-refractivity contribution in [2.45, 2.75) is 38.1 Å². The lowest BCUT2D eigenvalue weighted by molar-refractivity contribution is 0.0932. The van der Waals surface area contributed by atoms with Crippen LogP contribution in [0.1, 0.15) is 46.4 Å². The lowest BCUT2D eigenvalue weighted by atomic mass is 9.99. The van der Waals surface area contributed by atoms with E-state index in [1.54, 1.807) is 11.8 Å². The molecule has 0 heterocycles. The third-order valence-corrected chi connectivity index (χ3v) is 5.20. The van der Waals surface area contributed by atoms with Gasteiger partial charge in [0.1, 0.15) is 0 Å². The van der Waals surface area contributed by atoms with Gasteiger partial charge in [0.15, 0.2) is 0 Å². The van der Waals surface area contributed by atoms with Crippen LogP contribution in [-0.4, -0.2) is 11.7 Å². The number of carbonyl (C=O) groups excluding carboxylic acids is 1. The first-order valence-corrected chi connectivity index (χ1v) is 9.26. The zero-order chi connectivity index (χ0) is 17.5. The minimum Gasteiger partial charge on any atom is -0.345 e. The average Bonchev–Trinajstić information content (AvgIpc) is 2.60. The van der Waals surface area contributed by atoms with E-state index in [0.29, 0.717) is 0 Å². The number of aryl methyl sites for hydroxylation is 2. The highest BCUT2D eigenvalue weighted by Gasteiger charge is 2.17. The quantitative estimate of drug-likeness (QED) is 0.536. The van der Waals surface area contributed by atoms with Crippen molar-refractivity contribution in [2.75, 3.05) is 5.75 Å². The zero-order valence-electron chi connectivity index (χ0n) is 14.6. The van der Waals surface area contributed by atoms with Crippen molar-refractivity contribution in [2.24, 2.45) is 0 Å². The smallest absolute Gasteiger partial charge is 0.252 e. The molecule has 0 aliphatic rings. The van der Waals surface area contributed by atoms with Crippen LogP contribution in [0.3, 0.4) is 0 Å². The normalized spacial score (nSPS) is 11.8. The number of benzene rings is 2. The van der Waals surface area contributed by atoms with E-state index in [1.807, 2.05) is 30.3 Å². The number of nitrogens with one attached hydrogen (secondary N) is 1. The van der Waals surface area contributed by atoms with Crippen LogP contribution in [0.25, 0.3) is 0 Å². The standard InChI is InChI=1S/C21H25NOS/c1-5-13-24-20-10-8-7-9-18(20)21(23)22-19(6-2)17-12-11-15(3)16(4)14-17/h5,7-12,14,19H,1,6,13H2,2-4H3,(H,22,23)/t19-/m1/s1. The lowest BCUT2D eigenvalue weighted by Crippen LogP contribution is -2.28. The van der Waals surface area contributed by atoms with Crippen LogP contribution in [0.15, 0.2) is 60.0 Å². The van der Waals surface area contributed by atoms with Gasteiger partial charge in [0.25, 0.3) is 5.91 Å². The van der Waals surface area contributed by atoms with Gasteiger partial charge in [-0.1, -0.05) is 43.3 Å². The van der Waals surface area contributed by atoms with Crippen LogP contribution in [0, 0.1) is 13.8 Å². The molecule has 0 aliphatic carbocycles. The van der Waals surface area contributed by atoms with Gasteiger partial charge in [-0.05, 0) is 49.1 Å². The molecule has 0 unspecified atom stereocenters. The molecule has 1 atom stereocenters. The Morgan fingerprint density at radius 2 is 1.96 bits per heavy atom. The first-order valence-electron chi connectivity index (χ1n) is 8.27. The van der Waals surface area contributed by atoms with Crippen molar-refractivity contribution in [3.63, 3.8) is 0 Å². The summed E-state index contributed by atoms with van der Waals surface area (Å²) in [7, 11) is 0. The predicted molar refractivity (Wildman–Crippen MR) is 104 cm³/mol. The Hall–Kier alpha value is -2.00. The van der Waals surface area contributed by atoms with Gasteiger partial charge in [-0.15, -0.1) is 18.3 Å². The van der Waals surface area contributed by atoms with Gasteiger partial charge in [0.2, 0.25) is 0 Å². The summed E-state index contributed by atoms with van der Waals surface area (Å²) in [5, 5.41) is 3.18. The van der Waals surface area contributed by atoms with Crippen molar-refractivity contribution < 1.29 is 4.79 Å². The summed E-state index contributed by atoms with van der Waals surface area (Å²) < 4.78 is 0. The van der Waals surface area contributed by atoms with Crippen LogP contribution in [0.4, 0.5) is 0 Å². The van der Waals surface area contributed by atoms with Crippen molar-refractivity contribution >= 4 is 17.7 Å². The molecule has 2 aromatic rings. The molecule has 126 valence electrons. The van der Waals surface area contributed by atoms with E-state index in [2.05, 4.69) is 50.9 Å². The van der Waals surface area contributed by atoms with Crippen LogP contribution < -0.4 is 5.32 Å². The summed E-state index contributed by atoms with van der Waals surface area (Å²) in [5.74, 6) is 0.769. The molecule has 0 bridgehead atoms. The van der Waals surface area contributed by atoms with Crippen LogP contribution in [0.2, 0.25) is 0 Å². The Labute approximate surface area is 149 Å². The molecular formula is C21H25NOS. The Bertz CT molecular complexity index is 724. The molecule has 24 heavy (non-hydrogen) atoms. The number of hydrogen-bond donors (Lipinski definition) is 1. The molecule has 2 rings (SSSR count). The molecular weight excluding hydrogens is 314 g/mol. The minimum absolute atomic E-state index is 0.0211. The highest BCUT2D eigenvalue weighted by atomic mass is 32.2. The Morgan fingerprint density at radius 3 is 2.62 bits per heavy atom. The molecule has 1 amide bonds. The van der Waals surface area contributed by atoms with Gasteiger partial charge in [0, 0.05) is 10.6 Å². The van der Waals surface area contributed by atoms with Crippen LogP contribution >= 0.6 is 11.8 Å². The van der Waals surface area contributed by atoms with E-state index in [-0.39, 0.29) is 11.9 Å². The largest absolute Gasteiger partial charge is 0.345 e. The Balaban J connectivity index is 2.20. The minimum atomic E-state index is -0.0211. The van der Waals surface area contributed by atoms with Crippen LogP contribution in [0.5, 0.6) is 0 Å². The summed E-state index contributed by atoms with van der Waals surface area (Å²) in [4.78, 5) is 13.8. The third-order valence-electron chi connectivity index (χ3n) is 4.14. The number of hydrogen-bond acceptors (Lipinski definition) is 2. The molecule has 0 fully saturated rings. The fraction of sp³-hybridized carbons (Fsp3) is 0.286. The van der Waals surface area contributed by atoms with E-state index in [1.165, 1.54) is 11.1 Å². The van der Waals surface area contributed by atoms with Gasteiger partial charge in [0.05, 0.1) is 11.6 Å². The number of carbonyl (C=O) groups is 1. The zero-order valence-corrected chi connectivity index (χ0v) is 15.5. The summed E-state index contributed by atoms with van der Waals surface area (Å²) in [6, 6.07) is 14.2. The first-order chi connectivity index (χ1) is 11.6. The maximum absolute atomic E-state index is 12.8. The number of thioether (sulfide) groups is 1. The van der Waals surface area contributed by atoms with Crippen molar-refractivity contribution in [3.8, 4) is 0 Å². The second kappa shape index (κ2) is 8.74. The molecule has 0 spiro atoms. The Morgan fingerprint density at radius 1 is 1.21 bits per heavy atom. The molecule has 2 nitrogen and oxygen atoms in total. The predicted octanol–water partition coefficient (Wildman–Crippen LogP) is 5.46. The molecule has 3 heteroatoms. The third kappa shape index (κ3) is 4.51. The van der Waals surface area contributed by atoms with Gasteiger partial charge in [-0.25, -0.2) is 0 Å². The van der Waals surface area contributed by atoms with Gasteiger partial charge < -0.3 is 5.32 Å². The summed E-state index contributed by atoms with van der Waals surface area (Å²) >= 11 is 1.63. The van der Waals surface area contributed by atoms with Crippen molar-refractivity contribution in [3.05, 3.63) is 77.4 Å². The molecule has 1 N–H and O–H groups in total. The maximum atomic E-state index is 12.8. The fourth-order valence-corrected chi connectivity index (χ4v) is 3.36. The fourth-order valence-electron chi connectivity index (χ4n) is 2.57. The second-order valence-electron chi connectivity index (χ2n) is 5.87. The van der Waals surface area contributed by atoms with E-state index in [4.69, 9.17) is 0 Å². The van der Waals surface area contributed by atoms with E-state index < -0.39 is 0 Å². The molecule has 2 aromatic carbocycles. The summed E-state index contributed by atoms with van der Waals surface area (Å²) in [6.45, 7) is 10.0. The summed E-state index contributed by atoms with van der Waals surface area (Å²) in [6.07, 6.45) is 2.71. The topological polar surface area (TPSA) is 29.1 Å². The van der Waals surface area contributed by atoms with Crippen LogP contribution in [-0.2, 0) is 0 Å². The SMILES string of the molecule is C=CCSc1ccccc1C(=O)N[C@H](CC)c1ccc(C)c(C)c1. The number of amides is 1. The first kappa shape index (κ1) is 18.3. The van der Waals surface area contributed by atoms with E-state index in [9.17, 15) is 4.79 Å². The van der Waals surface area contributed by atoms with E-state index >= 15 is 0 Å². The highest BCUT2D eigenvalue weighted by molar-refractivity contribution is 7.99. The van der Waals surface area contributed by atoms with Gasteiger partial charge in [-0.3, -0.25) is 4.79 Å². The van der Waals surface area contributed by atoms with Gasteiger partial charge >= 0.3 is 0 Å². The van der Waals surface area contributed by atoms with Crippen molar-refractivity contribution in [1.29, 1.82) is 0 Å². The molecule has 0 aliphatic heterocycles. The molecule has 0 saturated heterocycles. The van der Waals surface area contributed by atoms with Crippen molar-refractivity contribution in [1.82, 2.24) is 5.32 Å². The number of rotatable bonds is 7. The lowest BCUT2D eigenvalue weighted by Gasteiger charge is -2.19. The summed E-state index contributed by atoms with van der Waals surface area (Å²) in [5.41, 5.74) is 4.41. The molecule has 0 saturated carbocycles.